The molecule has 0 aromatic carbocycles. The van der Waals surface area contributed by atoms with E-state index in [2.05, 4.69) is 16.9 Å². The maximum Gasteiger partial charge on any atom is 0.284 e. The monoisotopic (exact) mass is 166 g/mol. The fraction of sp³-hybridized carbons (Fsp3) is 0. The van der Waals surface area contributed by atoms with E-state index in [0.29, 0.717) is 5.82 Å². The van der Waals surface area contributed by atoms with Crippen molar-refractivity contribution in [2.24, 2.45) is 0 Å². The van der Waals surface area contributed by atoms with E-state index in [4.69, 9.17) is 0 Å². The van der Waals surface area contributed by atoms with E-state index in [9.17, 15) is 9.18 Å². The number of nitrogens with zero attached hydrogens (tertiary/aromatic N) is 1. The number of hydrogen-bond acceptors (Lipinski definition) is 2. The number of anilines is 1. The zero-order valence-corrected chi connectivity index (χ0v) is 6.25. The predicted molar refractivity (Wildman–Crippen MR) is 43.1 cm³/mol. The molecule has 0 bridgehead atoms. The Labute approximate surface area is 68.9 Å². The van der Waals surface area contributed by atoms with Gasteiger partial charge in [-0.2, -0.15) is 0 Å². The molecule has 1 aromatic heterocycles. The van der Waals surface area contributed by atoms with Gasteiger partial charge in [-0.1, -0.05) is 12.6 Å². The van der Waals surface area contributed by atoms with Crippen LogP contribution in [0, 0.1) is 0 Å². The molecular weight excluding hydrogens is 159 g/mol. The first kappa shape index (κ1) is 8.39. The van der Waals surface area contributed by atoms with Crippen molar-refractivity contribution in [3.8, 4) is 0 Å². The summed E-state index contributed by atoms with van der Waals surface area (Å²) in [5.74, 6) is -1.59. The molecule has 1 aromatic rings. The number of hydrogen-bond donors (Lipinski definition) is 1. The fourth-order valence-corrected chi connectivity index (χ4v) is 0.621. The minimum absolute atomic E-state index is 0.307. The fourth-order valence-electron chi connectivity index (χ4n) is 0.621. The summed E-state index contributed by atoms with van der Waals surface area (Å²) in [6, 6.07) is 4.93. The van der Waals surface area contributed by atoms with Gasteiger partial charge in [0, 0.05) is 6.20 Å². The third-order valence-electron chi connectivity index (χ3n) is 1.15. The van der Waals surface area contributed by atoms with Crippen molar-refractivity contribution in [3.05, 3.63) is 36.8 Å². The van der Waals surface area contributed by atoms with Crippen molar-refractivity contribution < 1.29 is 9.18 Å². The molecule has 1 rings (SSSR count). The molecule has 0 aliphatic rings. The van der Waals surface area contributed by atoms with Crippen LogP contribution in [0.5, 0.6) is 0 Å². The summed E-state index contributed by atoms with van der Waals surface area (Å²) in [5.41, 5.74) is 0. The largest absolute Gasteiger partial charge is 0.305 e. The summed E-state index contributed by atoms with van der Waals surface area (Å²) in [5, 5.41) is 2.22. The Morgan fingerprint density at radius 3 is 2.83 bits per heavy atom. The second-order valence-corrected chi connectivity index (χ2v) is 2.07. The molecule has 1 N–H and O–H groups in total. The number of aromatic nitrogens is 1. The molecule has 0 saturated carbocycles. The van der Waals surface area contributed by atoms with Gasteiger partial charge >= 0.3 is 0 Å². The first-order chi connectivity index (χ1) is 5.70. The van der Waals surface area contributed by atoms with Crippen LogP contribution in [0.4, 0.5) is 10.2 Å². The highest BCUT2D eigenvalue weighted by Crippen LogP contribution is 2.02. The highest BCUT2D eigenvalue weighted by molar-refractivity contribution is 6.00. The number of carbonyl (C=O) groups is 1. The SMILES string of the molecule is C=C(F)C(=O)Nc1ccccn1. The van der Waals surface area contributed by atoms with E-state index >= 15 is 0 Å². The van der Waals surface area contributed by atoms with Gasteiger partial charge in [0.15, 0.2) is 5.83 Å². The summed E-state index contributed by atoms with van der Waals surface area (Å²) < 4.78 is 12.1. The van der Waals surface area contributed by atoms with Gasteiger partial charge in [0.2, 0.25) is 0 Å². The topological polar surface area (TPSA) is 42.0 Å². The van der Waals surface area contributed by atoms with Crippen LogP contribution in [0.15, 0.2) is 36.8 Å². The van der Waals surface area contributed by atoms with Crippen LogP contribution in [0.3, 0.4) is 0 Å². The minimum Gasteiger partial charge on any atom is -0.305 e. The van der Waals surface area contributed by atoms with Crippen LogP contribution in [0.1, 0.15) is 0 Å². The molecule has 1 heterocycles. The standard InChI is InChI=1S/C8H7FN2O/c1-6(9)8(12)11-7-4-2-3-5-10-7/h2-5H,1H2,(H,10,11,12). The molecule has 4 heteroatoms. The third-order valence-corrected chi connectivity index (χ3v) is 1.15. The molecule has 1 amide bonds. The smallest absolute Gasteiger partial charge is 0.284 e. The van der Waals surface area contributed by atoms with E-state index in [1.54, 1.807) is 18.2 Å². The lowest BCUT2D eigenvalue weighted by atomic mass is 10.4. The van der Waals surface area contributed by atoms with Crippen molar-refractivity contribution in [1.82, 2.24) is 4.98 Å². The van der Waals surface area contributed by atoms with E-state index in [1.807, 2.05) is 0 Å². The van der Waals surface area contributed by atoms with Gasteiger partial charge in [-0.15, -0.1) is 0 Å². The van der Waals surface area contributed by atoms with Crippen LogP contribution >= 0.6 is 0 Å². The molecule has 0 saturated heterocycles. The van der Waals surface area contributed by atoms with Crippen molar-refractivity contribution in [2.45, 2.75) is 0 Å². The molecule has 0 fully saturated rings. The molecule has 0 atom stereocenters. The predicted octanol–water partition coefficient (Wildman–Crippen LogP) is 1.50. The van der Waals surface area contributed by atoms with Gasteiger partial charge in [-0.3, -0.25) is 4.79 Å². The molecule has 0 aliphatic carbocycles. The van der Waals surface area contributed by atoms with Crippen LogP contribution in [0.25, 0.3) is 0 Å². The molecule has 0 radical (unpaired) electrons. The summed E-state index contributed by atoms with van der Waals surface area (Å²) in [6.07, 6.45) is 1.50. The van der Waals surface area contributed by atoms with Gasteiger partial charge in [-0.25, -0.2) is 9.37 Å². The maximum atomic E-state index is 12.1. The zero-order valence-electron chi connectivity index (χ0n) is 6.25. The zero-order chi connectivity index (χ0) is 8.97. The van der Waals surface area contributed by atoms with Gasteiger partial charge in [0.1, 0.15) is 5.82 Å². The number of rotatable bonds is 2. The number of pyridine rings is 1. The van der Waals surface area contributed by atoms with E-state index < -0.39 is 11.7 Å². The molecule has 62 valence electrons. The molecule has 3 nitrogen and oxygen atoms in total. The Morgan fingerprint density at radius 1 is 1.58 bits per heavy atom. The lowest BCUT2D eigenvalue weighted by Crippen LogP contribution is -2.11. The van der Waals surface area contributed by atoms with Crippen molar-refractivity contribution in [3.63, 3.8) is 0 Å². The maximum absolute atomic E-state index is 12.1. The molecule has 0 aliphatic heterocycles. The Kier molecular flexibility index (Phi) is 2.53. The summed E-state index contributed by atoms with van der Waals surface area (Å²) in [7, 11) is 0. The van der Waals surface area contributed by atoms with Crippen molar-refractivity contribution in [1.29, 1.82) is 0 Å². The summed E-state index contributed by atoms with van der Waals surface area (Å²) in [4.78, 5) is 14.4. The van der Waals surface area contributed by atoms with Gasteiger partial charge in [0.05, 0.1) is 0 Å². The molecular formula is C8H7FN2O. The first-order valence-corrected chi connectivity index (χ1v) is 3.27. The second kappa shape index (κ2) is 3.61. The van der Waals surface area contributed by atoms with Crippen LogP contribution in [-0.2, 0) is 4.79 Å². The molecule has 0 unspecified atom stereocenters. The number of nitrogens with one attached hydrogen (secondary N) is 1. The van der Waals surface area contributed by atoms with Crippen LogP contribution in [-0.4, -0.2) is 10.9 Å². The van der Waals surface area contributed by atoms with Gasteiger partial charge in [-0.05, 0) is 12.1 Å². The Morgan fingerprint density at radius 2 is 2.33 bits per heavy atom. The van der Waals surface area contributed by atoms with Gasteiger partial charge < -0.3 is 5.32 Å². The Hall–Kier alpha value is -1.71. The highest BCUT2D eigenvalue weighted by atomic mass is 19.1. The summed E-state index contributed by atoms with van der Waals surface area (Å²) >= 11 is 0. The average Bonchev–Trinajstić information content (AvgIpc) is 2.06. The van der Waals surface area contributed by atoms with Crippen molar-refractivity contribution in [2.75, 3.05) is 5.32 Å². The molecule has 0 spiro atoms. The molecule has 12 heavy (non-hydrogen) atoms. The lowest BCUT2D eigenvalue weighted by molar-refractivity contribution is -0.114. The number of halogens is 1. The lowest BCUT2D eigenvalue weighted by Gasteiger charge is -1.99. The quantitative estimate of drug-likeness (QED) is 0.676. The number of amides is 1. The highest BCUT2D eigenvalue weighted by Gasteiger charge is 2.05. The minimum atomic E-state index is -1.03. The van der Waals surface area contributed by atoms with E-state index in [0.717, 1.165) is 0 Å². The van der Waals surface area contributed by atoms with Gasteiger partial charge in [0.25, 0.3) is 5.91 Å². The third kappa shape index (κ3) is 2.16. The second-order valence-electron chi connectivity index (χ2n) is 2.07. The van der Waals surface area contributed by atoms with E-state index in [1.165, 1.54) is 6.20 Å². The van der Waals surface area contributed by atoms with Crippen molar-refractivity contribution >= 4 is 11.7 Å². The average molecular weight is 166 g/mol. The Balaban J connectivity index is 2.65. The first-order valence-electron chi connectivity index (χ1n) is 3.27. The normalized spacial score (nSPS) is 9.08. The number of carbonyl (C=O) groups excluding carboxylic acids is 1. The van der Waals surface area contributed by atoms with Crippen LogP contribution in [0.2, 0.25) is 0 Å². The van der Waals surface area contributed by atoms with E-state index in [-0.39, 0.29) is 0 Å². The summed E-state index contributed by atoms with van der Waals surface area (Å²) in [6.45, 7) is 2.84. The van der Waals surface area contributed by atoms with Crippen LogP contribution < -0.4 is 5.32 Å². The Bertz CT molecular complexity index is 297.